The number of nitrogens with zero attached hydrogens (tertiary/aromatic N) is 4. The Morgan fingerprint density at radius 1 is 1.25 bits per heavy atom. The van der Waals surface area contributed by atoms with Gasteiger partial charge >= 0.3 is 6.09 Å². The number of hydrogen-bond donors (Lipinski definition) is 0. The summed E-state index contributed by atoms with van der Waals surface area (Å²) in [6.45, 7) is 9.76. The van der Waals surface area contributed by atoms with Crippen LogP contribution in [0.4, 0.5) is 4.79 Å². The average Bonchev–Trinajstić information content (AvgIpc) is 2.86. The molecule has 3 heterocycles. The predicted molar refractivity (Wildman–Crippen MR) is 88.3 cm³/mol. The molecule has 1 aromatic heterocycles. The third-order valence-corrected chi connectivity index (χ3v) is 4.64. The number of piperidine rings is 1. The number of rotatable bonds is 1. The highest BCUT2D eigenvalue weighted by molar-refractivity contribution is 5.77. The molecule has 7 nitrogen and oxygen atoms in total. The van der Waals surface area contributed by atoms with E-state index >= 15 is 0 Å². The fraction of sp³-hybridized carbons (Fsp3) is 0.706. The normalized spacial score (nSPS) is 19.4. The van der Waals surface area contributed by atoms with Crippen molar-refractivity contribution >= 4 is 12.0 Å². The SMILES string of the molecule is Cc1ncc2n1CC(=O)N(C1CCN(C(=O)OC(C)(C)C)CC1)C2. The number of ether oxygens (including phenoxy) is 1. The van der Waals surface area contributed by atoms with Gasteiger partial charge in [0.05, 0.1) is 18.4 Å². The molecule has 3 rings (SSSR count). The molecule has 0 aliphatic carbocycles. The summed E-state index contributed by atoms with van der Waals surface area (Å²) >= 11 is 0. The minimum absolute atomic E-state index is 0.138. The molecule has 0 radical (unpaired) electrons. The van der Waals surface area contributed by atoms with E-state index < -0.39 is 5.60 Å². The van der Waals surface area contributed by atoms with Crippen LogP contribution in [0.2, 0.25) is 0 Å². The second kappa shape index (κ2) is 6.11. The number of fused-ring (bicyclic) bond motifs is 1. The average molecular weight is 334 g/mol. The van der Waals surface area contributed by atoms with Crippen LogP contribution in [0.15, 0.2) is 6.20 Å². The van der Waals surface area contributed by atoms with E-state index in [0.29, 0.717) is 26.2 Å². The van der Waals surface area contributed by atoms with Gasteiger partial charge in [-0.2, -0.15) is 0 Å². The molecular formula is C17H26N4O3. The van der Waals surface area contributed by atoms with Gasteiger partial charge in [-0.1, -0.05) is 0 Å². The van der Waals surface area contributed by atoms with Crippen molar-refractivity contribution in [3.05, 3.63) is 17.7 Å². The van der Waals surface area contributed by atoms with Crippen LogP contribution in [-0.2, 0) is 22.6 Å². The van der Waals surface area contributed by atoms with E-state index in [1.165, 1.54) is 0 Å². The van der Waals surface area contributed by atoms with Gasteiger partial charge in [-0.25, -0.2) is 9.78 Å². The van der Waals surface area contributed by atoms with E-state index in [2.05, 4.69) is 4.98 Å². The first-order valence-electron chi connectivity index (χ1n) is 8.53. The summed E-state index contributed by atoms with van der Waals surface area (Å²) in [7, 11) is 0. The zero-order chi connectivity index (χ0) is 17.5. The number of aryl methyl sites for hydroxylation is 1. The first-order valence-corrected chi connectivity index (χ1v) is 8.53. The maximum Gasteiger partial charge on any atom is 0.410 e. The maximum absolute atomic E-state index is 12.5. The van der Waals surface area contributed by atoms with E-state index in [1.807, 2.05) is 43.4 Å². The Morgan fingerprint density at radius 2 is 1.92 bits per heavy atom. The predicted octanol–water partition coefficient (Wildman–Crippen LogP) is 1.93. The molecule has 2 aliphatic rings. The lowest BCUT2D eigenvalue weighted by Gasteiger charge is -2.40. The minimum atomic E-state index is -0.479. The van der Waals surface area contributed by atoms with E-state index in [4.69, 9.17) is 4.74 Å². The van der Waals surface area contributed by atoms with Crippen molar-refractivity contribution in [2.75, 3.05) is 13.1 Å². The molecule has 7 heteroatoms. The molecule has 24 heavy (non-hydrogen) atoms. The zero-order valence-corrected chi connectivity index (χ0v) is 14.9. The Balaban J connectivity index is 1.59. The topological polar surface area (TPSA) is 67.7 Å². The van der Waals surface area contributed by atoms with Crippen LogP contribution in [-0.4, -0.2) is 56.1 Å². The fourth-order valence-electron chi connectivity index (χ4n) is 3.37. The highest BCUT2D eigenvalue weighted by Gasteiger charge is 2.34. The Bertz CT molecular complexity index is 639. The van der Waals surface area contributed by atoms with Crippen LogP contribution in [0, 0.1) is 6.92 Å². The first-order chi connectivity index (χ1) is 11.2. The van der Waals surface area contributed by atoms with Crippen LogP contribution in [0.5, 0.6) is 0 Å². The second-order valence-corrected chi connectivity index (χ2v) is 7.60. The molecule has 0 bridgehead atoms. The first kappa shape index (κ1) is 16.8. The highest BCUT2D eigenvalue weighted by Crippen LogP contribution is 2.24. The van der Waals surface area contributed by atoms with E-state index in [0.717, 1.165) is 24.4 Å². The standard InChI is InChI=1S/C17H26N4O3/c1-12-18-9-14-10-21(15(22)11-20(12)14)13-5-7-19(8-6-13)16(23)24-17(2,3)4/h9,13H,5-8,10-11H2,1-4H3. The van der Waals surface area contributed by atoms with Gasteiger partial charge in [0.15, 0.2) is 0 Å². The van der Waals surface area contributed by atoms with Gasteiger partial charge in [-0.3, -0.25) is 4.79 Å². The monoisotopic (exact) mass is 334 g/mol. The smallest absolute Gasteiger partial charge is 0.410 e. The number of aromatic nitrogens is 2. The summed E-state index contributed by atoms with van der Waals surface area (Å²) in [5, 5.41) is 0. The van der Waals surface area contributed by atoms with Crippen molar-refractivity contribution in [1.29, 1.82) is 0 Å². The van der Waals surface area contributed by atoms with Gasteiger partial charge in [0.1, 0.15) is 18.0 Å². The molecular weight excluding hydrogens is 308 g/mol. The van der Waals surface area contributed by atoms with Crippen molar-refractivity contribution in [1.82, 2.24) is 19.4 Å². The van der Waals surface area contributed by atoms with Crippen molar-refractivity contribution in [2.45, 2.75) is 65.3 Å². The number of carbonyl (C=O) groups is 2. The minimum Gasteiger partial charge on any atom is -0.444 e. The molecule has 1 saturated heterocycles. The van der Waals surface area contributed by atoms with Crippen LogP contribution >= 0.6 is 0 Å². The van der Waals surface area contributed by atoms with E-state index in [-0.39, 0.29) is 18.0 Å². The lowest BCUT2D eigenvalue weighted by atomic mass is 10.0. The van der Waals surface area contributed by atoms with Crippen molar-refractivity contribution < 1.29 is 14.3 Å². The van der Waals surface area contributed by atoms with Crippen molar-refractivity contribution in [3.63, 3.8) is 0 Å². The molecule has 0 unspecified atom stereocenters. The number of likely N-dealkylation sites (tertiary alicyclic amines) is 1. The molecule has 0 N–H and O–H groups in total. The summed E-state index contributed by atoms with van der Waals surface area (Å²) in [5.41, 5.74) is 0.606. The lowest BCUT2D eigenvalue weighted by molar-refractivity contribution is -0.137. The second-order valence-electron chi connectivity index (χ2n) is 7.60. The third kappa shape index (κ3) is 3.39. The summed E-state index contributed by atoms with van der Waals surface area (Å²) < 4.78 is 7.40. The largest absolute Gasteiger partial charge is 0.444 e. The van der Waals surface area contributed by atoms with Gasteiger partial charge in [0.25, 0.3) is 0 Å². The van der Waals surface area contributed by atoms with E-state index in [9.17, 15) is 9.59 Å². The molecule has 0 aromatic carbocycles. The molecule has 0 spiro atoms. The van der Waals surface area contributed by atoms with Crippen LogP contribution in [0.3, 0.4) is 0 Å². The van der Waals surface area contributed by atoms with Crippen LogP contribution in [0.25, 0.3) is 0 Å². The molecule has 1 fully saturated rings. The molecule has 1 aromatic rings. The number of hydrogen-bond acceptors (Lipinski definition) is 4. The summed E-state index contributed by atoms with van der Waals surface area (Å²) in [5.74, 6) is 1.03. The molecule has 132 valence electrons. The molecule has 0 saturated carbocycles. The van der Waals surface area contributed by atoms with Crippen LogP contribution in [0.1, 0.15) is 45.1 Å². The number of amides is 2. The van der Waals surface area contributed by atoms with Gasteiger partial charge in [-0.15, -0.1) is 0 Å². The number of carbonyl (C=O) groups excluding carboxylic acids is 2. The van der Waals surface area contributed by atoms with E-state index in [1.54, 1.807) is 4.90 Å². The zero-order valence-electron chi connectivity index (χ0n) is 14.9. The third-order valence-electron chi connectivity index (χ3n) is 4.64. The van der Waals surface area contributed by atoms with Gasteiger partial charge in [0.2, 0.25) is 5.91 Å². The summed E-state index contributed by atoms with van der Waals surface area (Å²) in [6, 6.07) is 0.181. The lowest BCUT2D eigenvalue weighted by Crippen LogP contribution is -2.51. The highest BCUT2D eigenvalue weighted by atomic mass is 16.6. The van der Waals surface area contributed by atoms with Gasteiger partial charge in [0, 0.05) is 19.1 Å². The van der Waals surface area contributed by atoms with Crippen molar-refractivity contribution in [2.24, 2.45) is 0 Å². The molecule has 2 amide bonds. The summed E-state index contributed by atoms with van der Waals surface area (Å²) in [4.78, 5) is 32.6. The molecule has 0 atom stereocenters. The fourth-order valence-corrected chi connectivity index (χ4v) is 3.37. The Morgan fingerprint density at radius 3 is 2.54 bits per heavy atom. The van der Waals surface area contributed by atoms with Crippen molar-refractivity contribution in [3.8, 4) is 0 Å². The van der Waals surface area contributed by atoms with Gasteiger partial charge in [-0.05, 0) is 40.5 Å². The number of imidazole rings is 1. The Kier molecular flexibility index (Phi) is 4.27. The molecule has 2 aliphatic heterocycles. The van der Waals surface area contributed by atoms with Crippen LogP contribution < -0.4 is 0 Å². The van der Waals surface area contributed by atoms with Gasteiger partial charge < -0.3 is 19.1 Å². The maximum atomic E-state index is 12.5. The Labute approximate surface area is 142 Å². The Hall–Kier alpha value is -2.05. The summed E-state index contributed by atoms with van der Waals surface area (Å²) in [6.07, 6.45) is 3.17. The quantitative estimate of drug-likeness (QED) is 0.787.